The molecule has 0 aromatic heterocycles. The molecule has 0 unspecified atom stereocenters. The van der Waals surface area contributed by atoms with E-state index in [1.165, 1.54) is 33.5 Å². The summed E-state index contributed by atoms with van der Waals surface area (Å²) in [6.07, 6.45) is 2.02. The molecule has 0 spiro atoms. The third-order valence-corrected chi connectivity index (χ3v) is 1.15. The van der Waals surface area contributed by atoms with Gasteiger partial charge in [0.05, 0.1) is 0 Å². The van der Waals surface area contributed by atoms with Crippen LogP contribution < -0.4 is 5.73 Å². The van der Waals surface area contributed by atoms with Crippen molar-refractivity contribution in [1.29, 1.82) is 0 Å². The minimum Gasteiger partial charge on any atom is -0.333 e. The van der Waals surface area contributed by atoms with Gasteiger partial charge in [0.25, 0.3) is 0 Å². The number of aldehydes is 1. The van der Waals surface area contributed by atoms with Crippen LogP contribution in [0.2, 0.25) is 0 Å². The van der Waals surface area contributed by atoms with Crippen LogP contribution in [0.1, 0.15) is 27.2 Å². The van der Waals surface area contributed by atoms with Gasteiger partial charge >= 0.3 is 0 Å². The second kappa shape index (κ2) is 22.4. The predicted octanol–water partition coefficient (Wildman–Crippen LogP) is 1.13. The Bertz CT molecular complexity index is 67.5. The zero-order chi connectivity index (χ0) is 10.4. The largest absolute Gasteiger partial charge is 0.333 e. The lowest BCUT2D eigenvalue weighted by Crippen LogP contribution is -2.17. The van der Waals surface area contributed by atoms with E-state index in [-0.39, 0.29) is 0 Å². The fourth-order valence-electron chi connectivity index (χ4n) is 0.540. The van der Waals surface area contributed by atoms with Crippen molar-refractivity contribution < 1.29 is 4.79 Å². The molecule has 0 atom stereocenters. The SMILES string of the molecule is CC=O.CCCN(C)CC.CN. The Hall–Kier alpha value is -0.410. The number of hydrogen-bond acceptors (Lipinski definition) is 3. The zero-order valence-corrected chi connectivity index (χ0v) is 9.13. The third-order valence-electron chi connectivity index (χ3n) is 1.15. The molecule has 3 nitrogen and oxygen atoms in total. The van der Waals surface area contributed by atoms with Gasteiger partial charge in [0.15, 0.2) is 0 Å². The average molecular weight is 176 g/mol. The van der Waals surface area contributed by atoms with E-state index in [0.29, 0.717) is 0 Å². The van der Waals surface area contributed by atoms with Gasteiger partial charge in [-0.3, -0.25) is 0 Å². The molecule has 0 aliphatic heterocycles. The first-order valence-corrected chi connectivity index (χ1v) is 4.38. The monoisotopic (exact) mass is 176 g/mol. The van der Waals surface area contributed by atoms with Crippen LogP contribution in [0, 0.1) is 0 Å². The first-order chi connectivity index (χ1) is 5.72. The lowest BCUT2D eigenvalue weighted by Gasteiger charge is -2.10. The fourth-order valence-corrected chi connectivity index (χ4v) is 0.540. The normalized spacial score (nSPS) is 7.58. The molecule has 0 saturated carbocycles. The van der Waals surface area contributed by atoms with Gasteiger partial charge in [0, 0.05) is 0 Å². The molecule has 0 aromatic rings. The summed E-state index contributed by atoms with van der Waals surface area (Å²) in [6, 6.07) is 0. The molecule has 0 rings (SSSR count). The van der Waals surface area contributed by atoms with Gasteiger partial charge in [-0.15, -0.1) is 0 Å². The predicted molar refractivity (Wildman–Crippen MR) is 55.3 cm³/mol. The van der Waals surface area contributed by atoms with Gasteiger partial charge < -0.3 is 15.4 Å². The molecule has 2 N–H and O–H groups in total. The Morgan fingerprint density at radius 2 is 1.67 bits per heavy atom. The molecule has 0 fully saturated rings. The highest BCUT2D eigenvalue weighted by Crippen LogP contribution is 1.82. The Morgan fingerprint density at radius 3 is 1.75 bits per heavy atom. The highest BCUT2D eigenvalue weighted by Gasteiger charge is 1.86. The van der Waals surface area contributed by atoms with Crippen LogP contribution in [0.5, 0.6) is 0 Å². The standard InChI is InChI=1S/C6H15N.C2H4O.CH5N/c1-4-6-7(3)5-2;1-2-3;1-2/h4-6H2,1-3H3;2H,1H3;2H2,1H3. The second-order valence-corrected chi connectivity index (χ2v) is 2.13. The smallest absolute Gasteiger partial charge is 0.116 e. The molecule has 0 amide bonds. The van der Waals surface area contributed by atoms with Crippen LogP contribution in [0.25, 0.3) is 0 Å². The van der Waals surface area contributed by atoms with Crippen molar-refractivity contribution in [3.05, 3.63) is 0 Å². The zero-order valence-electron chi connectivity index (χ0n) is 9.13. The molecule has 76 valence electrons. The number of carbonyl (C=O) groups is 1. The summed E-state index contributed by atoms with van der Waals surface area (Å²) >= 11 is 0. The summed E-state index contributed by atoms with van der Waals surface area (Å²) in [5.74, 6) is 0. The van der Waals surface area contributed by atoms with Gasteiger partial charge in [0.2, 0.25) is 0 Å². The summed E-state index contributed by atoms with van der Waals surface area (Å²) in [5.41, 5.74) is 4.50. The molecule has 12 heavy (non-hydrogen) atoms. The molecular formula is C9H24N2O. The molecule has 0 radical (unpaired) electrons. The molecule has 0 bridgehead atoms. The third kappa shape index (κ3) is 33.6. The van der Waals surface area contributed by atoms with E-state index in [1.54, 1.807) is 0 Å². The maximum Gasteiger partial charge on any atom is 0.116 e. The van der Waals surface area contributed by atoms with Gasteiger partial charge in [-0.25, -0.2) is 0 Å². The highest BCUT2D eigenvalue weighted by molar-refractivity contribution is 5.44. The molecule has 0 aromatic carbocycles. The van der Waals surface area contributed by atoms with E-state index in [9.17, 15) is 0 Å². The van der Waals surface area contributed by atoms with E-state index in [0.717, 1.165) is 6.29 Å². The van der Waals surface area contributed by atoms with Crippen molar-refractivity contribution in [2.24, 2.45) is 5.73 Å². The molecule has 0 saturated heterocycles. The molecule has 3 heteroatoms. The van der Waals surface area contributed by atoms with Gasteiger partial charge in [0.1, 0.15) is 6.29 Å². The van der Waals surface area contributed by atoms with Crippen LogP contribution in [0.3, 0.4) is 0 Å². The molecule has 0 aliphatic rings. The first kappa shape index (κ1) is 17.6. The maximum atomic E-state index is 8.81. The lowest BCUT2D eigenvalue weighted by molar-refractivity contribution is -0.106. The number of hydrogen-bond donors (Lipinski definition) is 1. The Kier molecular flexibility index (Phi) is 32.9. The molecular weight excluding hydrogens is 152 g/mol. The van der Waals surface area contributed by atoms with Crippen molar-refractivity contribution in [3.63, 3.8) is 0 Å². The van der Waals surface area contributed by atoms with Crippen molar-refractivity contribution in [2.75, 3.05) is 27.2 Å². The summed E-state index contributed by atoms with van der Waals surface area (Å²) in [5, 5.41) is 0. The van der Waals surface area contributed by atoms with Gasteiger partial charge in [-0.05, 0) is 40.5 Å². The van der Waals surface area contributed by atoms with Crippen molar-refractivity contribution >= 4 is 6.29 Å². The van der Waals surface area contributed by atoms with E-state index in [4.69, 9.17) is 4.79 Å². The Morgan fingerprint density at radius 1 is 1.33 bits per heavy atom. The van der Waals surface area contributed by atoms with Crippen molar-refractivity contribution in [3.8, 4) is 0 Å². The number of nitrogens with two attached hydrogens (primary N) is 1. The van der Waals surface area contributed by atoms with Gasteiger partial charge in [-0.1, -0.05) is 13.8 Å². The summed E-state index contributed by atoms with van der Waals surface area (Å²) < 4.78 is 0. The summed E-state index contributed by atoms with van der Waals surface area (Å²) in [6.45, 7) is 8.23. The quantitative estimate of drug-likeness (QED) is 0.656. The van der Waals surface area contributed by atoms with Crippen LogP contribution in [-0.4, -0.2) is 38.4 Å². The Labute approximate surface area is 76.9 Å². The topological polar surface area (TPSA) is 46.3 Å². The van der Waals surface area contributed by atoms with E-state index >= 15 is 0 Å². The number of carbonyl (C=O) groups excluding carboxylic acids is 1. The van der Waals surface area contributed by atoms with Crippen LogP contribution in [-0.2, 0) is 4.79 Å². The minimum atomic E-state index is 0.750. The van der Waals surface area contributed by atoms with E-state index < -0.39 is 0 Å². The van der Waals surface area contributed by atoms with E-state index in [1.807, 2.05) is 0 Å². The highest BCUT2D eigenvalue weighted by atomic mass is 16.1. The summed E-state index contributed by atoms with van der Waals surface area (Å²) in [7, 11) is 3.64. The minimum absolute atomic E-state index is 0.750. The average Bonchev–Trinajstić information content (AvgIpc) is 2.10. The van der Waals surface area contributed by atoms with E-state index in [2.05, 4.69) is 31.5 Å². The summed E-state index contributed by atoms with van der Waals surface area (Å²) in [4.78, 5) is 11.1. The Balaban J connectivity index is -0.000000137. The van der Waals surface area contributed by atoms with Crippen LogP contribution in [0.4, 0.5) is 0 Å². The van der Waals surface area contributed by atoms with Crippen molar-refractivity contribution in [2.45, 2.75) is 27.2 Å². The van der Waals surface area contributed by atoms with Crippen LogP contribution >= 0.6 is 0 Å². The fraction of sp³-hybridized carbons (Fsp3) is 0.889. The van der Waals surface area contributed by atoms with Crippen LogP contribution in [0.15, 0.2) is 0 Å². The first-order valence-electron chi connectivity index (χ1n) is 4.38. The number of rotatable bonds is 3. The maximum absolute atomic E-state index is 8.81. The molecule has 0 heterocycles. The second-order valence-electron chi connectivity index (χ2n) is 2.13. The lowest BCUT2D eigenvalue weighted by atomic mass is 10.4. The van der Waals surface area contributed by atoms with Gasteiger partial charge in [-0.2, -0.15) is 0 Å². The molecule has 0 aliphatic carbocycles. The number of nitrogens with zero attached hydrogens (tertiary/aromatic N) is 1. The van der Waals surface area contributed by atoms with Crippen molar-refractivity contribution in [1.82, 2.24) is 4.90 Å².